The zero-order chi connectivity index (χ0) is 10.7. The van der Waals surface area contributed by atoms with Gasteiger partial charge < -0.3 is 5.73 Å². The molecule has 0 saturated heterocycles. The van der Waals surface area contributed by atoms with Gasteiger partial charge in [0.25, 0.3) is 0 Å². The van der Waals surface area contributed by atoms with Crippen molar-refractivity contribution >= 4 is 17.4 Å². The summed E-state index contributed by atoms with van der Waals surface area (Å²) >= 11 is 5.85. The van der Waals surface area contributed by atoms with Crippen molar-refractivity contribution in [3.63, 3.8) is 0 Å². The highest BCUT2D eigenvalue weighted by Crippen LogP contribution is 2.17. The summed E-state index contributed by atoms with van der Waals surface area (Å²) in [5, 5.41) is 0.600. The van der Waals surface area contributed by atoms with Crippen LogP contribution in [0.3, 0.4) is 0 Å². The van der Waals surface area contributed by atoms with Crippen LogP contribution in [0.1, 0.15) is 11.1 Å². The van der Waals surface area contributed by atoms with Crippen molar-refractivity contribution in [3.8, 4) is 0 Å². The van der Waals surface area contributed by atoms with Crippen molar-refractivity contribution in [2.24, 2.45) is 0 Å². The van der Waals surface area contributed by atoms with Gasteiger partial charge in [-0.3, -0.25) is 4.98 Å². The second kappa shape index (κ2) is 4.28. The minimum atomic E-state index is 0.517. The molecule has 2 N–H and O–H groups in total. The average Bonchev–Trinajstić information content (AvgIpc) is 2.25. The molecule has 0 amide bonds. The number of halogens is 1. The number of nitrogens with two attached hydrogens (primary N) is 1. The zero-order valence-corrected chi connectivity index (χ0v) is 8.78. The molecule has 0 saturated carbocycles. The number of pyridine rings is 2. The van der Waals surface area contributed by atoms with Crippen LogP contribution < -0.4 is 5.73 Å². The number of hydrogen-bond donors (Lipinski definition) is 1. The van der Waals surface area contributed by atoms with Crippen LogP contribution in [0.5, 0.6) is 0 Å². The molecule has 0 fully saturated rings. The molecule has 2 rings (SSSR count). The molecule has 76 valence electrons. The molecule has 0 unspecified atom stereocenters. The molecule has 0 aromatic carbocycles. The van der Waals surface area contributed by atoms with E-state index >= 15 is 0 Å². The summed E-state index contributed by atoms with van der Waals surface area (Å²) in [4.78, 5) is 8.04. The molecule has 0 aliphatic heterocycles. The Morgan fingerprint density at radius 3 is 2.93 bits per heavy atom. The van der Waals surface area contributed by atoms with E-state index < -0.39 is 0 Å². The van der Waals surface area contributed by atoms with Gasteiger partial charge in [-0.25, -0.2) is 4.98 Å². The summed E-state index contributed by atoms with van der Waals surface area (Å²) in [6, 6.07) is 5.72. The third kappa shape index (κ3) is 2.44. The third-order valence-electron chi connectivity index (χ3n) is 2.09. The Labute approximate surface area is 92.9 Å². The van der Waals surface area contributed by atoms with E-state index in [0.717, 1.165) is 11.1 Å². The molecule has 0 radical (unpaired) electrons. The van der Waals surface area contributed by atoms with Gasteiger partial charge in [0.15, 0.2) is 0 Å². The molecule has 4 heteroatoms. The first-order chi connectivity index (χ1) is 7.25. The van der Waals surface area contributed by atoms with E-state index in [1.807, 2.05) is 18.2 Å². The van der Waals surface area contributed by atoms with Gasteiger partial charge in [-0.1, -0.05) is 17.7 Å². The number of nitrogens with zero attached hydrogens (tertiary/aromatic N) is 2. The van der Waals surface area contributed by atoms with E-state index in [9.17, 15) is 0 Å². The van der Waals surface area contributed by atoms with Crippen molar-refractivity contribution in [1.29, 1.82) is 0 Å². The second-order valence-corrected chi connectivity index (χ2v) is 3.67. The fourth-order valence-corrected chi connectivity index (χ4v) is 1.54. The Morgan fingerprint density at radius 2 is 2.20 bits per heavy atom. The van der Waals surface area contributed by atoms with Crippen LogP contribution in [0.25, 0.3) is 0 Å². The molecule has 3 nitrogen and oxygen atoms in total. The van der Waals surface area contributed by atoms with E-state index in [4.69, 9.17) is 17.3 Å². The fourth-order valence-electron chi connectivity index (χ4n) is 1.36. The molecule has 0 aliphatic carbocycles. The van der Waals surface area contributed by atoms with E-state index in [0.29, 0.717) is 17.3 Å². The predicted octanol–water partition coefficient (Wildman–Crippen LogP) is 2.30. The minimum absolute atomic E-state index is 0.517. The van der Waals surface area contributed by atoms with Crippen molar-refractivity contribution in [3.05, 3.63) is 52.9 Å². The number of rotatable bonds is 2. The Kier molecular flexibility index (Phi) is 2.83. The fraction of sp³-hybridized carbons (Fsp3) is 0.0909. The first-order valence-electron chi connectivity index (χ1n) is 4.54. The number of hydrogen-bond acceptors (Lipinski definition) is 3. The normalized spacial score (nSPS) is 10.2. The lowest BCUT2D eigenvalue weighted by Gasteiger charge is -2.04. The summed E-state index contributed by atoms with van der Waals surface area (Å²) in [5.74, 6) is 0.517. The second-order valence-electron chi connectivity index (χ2n) is 3.24. The van der Waals surface area contributed by atoms with Crippen LogP contribution >= 0.6 is 11.6 Å². The Morgan fingerprint density at radius 1 is 1.33 bits per heavy atom. The quantitative estimate of drug-likeness (QED) is 0.843. The van der Waals surface area contributed by atoms with E-state index in [1.165, 1.54) is 0 Å². The predicted molar refractivity (Wildman–Crippen MR) is 60.7 cm³/mol. The summed E-state index contributed by atoms with van der Waals surface area (Å²) in [6.45, 7) is 0. The molecule has 0 aliphatic rings. The van der Waals surface area contributed by atoms with Gasteiger partial charge in [-0.05, 0) is 17.7 Å². The SMILES string of the molecule is Nc1ncc(Cl)cc1Cc1cccnc1. The highest BCUT2D eigenvalue weighted by molar-refractivity contribution is 6.30. The van der Waals surface area contributed by atoms with Crippen LogP contribution in [0.4, 0.5) is 5.82 Å². The molecular formula is C11H10ClN3. The number of aromatic nitrogens is 2. The van der Waals surface area contributed by atoms with Gasteiger partial charge in [-0.2, -0.15) is 0 Å². The molecule has 0 atom stereocenters. The highest BCUT2D eigenvalue weighted by atomic mass is 35.5. The van der Waals surface area contributed by atoms with Gasteiger partial charge in [0.1, 0.15) is 5.82 Å². The smallest absolute Gasteiger partial charge is 0.126 e. The molecule has 15 heavy (non-hydrogen) atoms. The van der Waals surface area contributed by atoms with Crippen LogP contribution in [0.15, 0.2) is 36.8 Å². The van der Waals surface area contributed by atoms with Crippen molar-refractivity contribution in [2.45, 2.75) is 6.42 Å². The molecule has 2 heterocycles. The number of anilines is 1. The van der Waals surface area contributed by atoms with Crippen LogP contribution in [-0.2, 0) is 6.42 Å². The molecule has 0 spiro atoms. The van der Waals surface area contributed by atoms with Gasteiger partial charge in [0.2, 0.25) is 0 Å². The lowest BCUT2D eigenvalue weighted by atomic mass is 10.1. The van der Waals surface area contributed by atoms with E-state index in [2.05, 4.69) is 9.97 Å². The molecule has 0 bridgehead atoms. The average molecular weight is 220 g/mol. The van der Waals surface area contributed by atoms with E-state index in [-0.39, 0.29) is 0 Å². The van der Waals surface area contributed by atoms with Gasteiger partial charge in [0, 0.05) is 30.6 Å². The zero-order valence-electron chi connectivity index (χ0n) is 8.02. The Hall–Kier alpha value is -1.61. The van der Waals surface area contributed by atoms with Crippen LogP contribution in [0, 0.1) is 0 Å². The van der Waals surface area contributed by atoms with Gasteiger partial charge in [0.05, 0.1) is 5.02 Å². The third-order valence-corrected chi connectivity index (χ3v) is 2.29. The van der Waals surface area contributed by atoms with Crippen molar-refractivity contribution in [1.82, 2.24) is 9.97 Å². The van der Waals surface area contributed by atoms with E-state index in [1.54, 1.807) is 18.6 Å². The molecular weight excluding hydrogens is 210 g/mol. The van der Waals surface area contributed by atoms with Crippen LogP contribution in [-0.4, -0.2) is 9.97 Å². The summed E-state index contributed by atoms with van der Waals surface area (Å²) in [5.41, 5.74) is 7.76. The summed E-state index contributed by atoms with van der Waals surface area (Å²) in [7, 11) is 0. The maximum absolute atomic E-state index is 5.85. The number of nitrogen functional groups attached to an aromatic ring is 1. The Bertz CT molecular complexity index is 457. The first kappa shape index (κ1) is 9.93. The maximum atomic E-state index is 5.85. The maximum Gasteiger partial charge on any atom is 0.126 e. The van der Waals surface area contributed by atoms with Gasteiger partial charge in [-0.15, -0.1) is 0 Å². The standard InChI is InChI=1S/C11H10ClN3/c12-10-5-9(11(13)15-7-10)4-8-2-1-3-14-6-8/h1-3,5-7H,4H2,(H2,13,15). The molecule has 2 aromatic rings. The van der Waals surface area contributed by atoms with Gasteiger partial charge >= 0.3 is 0 Å². The Balaban J connectivity index is 2.28. The minimum Gasteiger partial charge on any atom is -0.383 e. The largest absolute Gasteiger partial charge is 0.383 e. The summed E-state index contributed by atoms with van der Waals surface area (Å²) < 4.78 is 0. The highest BCUT2D eigenvalue weighted by Gasteiger charge is 2.02. The van der Waals surface area contributed by atoms with Crippen molar-refractivity contribution in [2.75, 3.05) is 5.73 Å². The van der Waals surface area contributed by atoms with Crippen LogP contribution in [0.2, 0.25) is 5.02 Å². The topological polar surface area (TPSA) is 51.8 Å². The lowest BCUT2D eigenvalue weighted by Crippen LogP contribution is -1.98. The monoisotopic (exact) mass is 219 g/mol. The van der Waals surface area contributed by atoms with Crippen molar-refractivity contribution < 1.29 is 0 Å². The molecule has 2 aromatic heterocycles. The first-order valence-corrected chi connectivity index (χ1v) is 4.92. The summed E-state index contributed by atoms with van der Waals surface area (Å²) in [6.07, 6.45) is 5.79. The lowest BCUT2D eigenvalue weighted by molar-refractivity contribution is 1.12.